The van der Waals surface area contributed by atoms with E-state index in [-0.39, 0.29) is 18.1 Å². The molecule has 4 N–H and O–H groups in total. The number of aromatic nitrogens is 2. The number of anilines is 1. The third kappa shape index (κ3) is 2.54. The molecule has 0 spiro atoms. The fourth-order valence-electron chi connectivity index (χ4n) is 1.80. The summed E-state index contributed by atoms with van der Waals surface area (Å²) in [6, 6.07) is 0. The van der Waals surface area contributed by atoms with E-state index in [1.54, 1.807) is 20.8 Å². The van der Waals surface area contributed by atoms with Gasteiger partial charge in [-0.2, -0.15) is 0 Å². The SMILES string of the molecule is CCOC(=O)c1nc(CC)n(C(C)(C)C(N)=O)c1N. The molecule has 1 heterocycles. The third-order valence-corrected chi connectivity index (χ3v) is 2.93. The molecule has 0 radical (unpaired) electrons. The number of nitrogen functional groups attached to an aromatic ring is 1. The van der Waals surface area contributed by atoms with Gasteiger partial charge in [0.25, 0.3) is 0 Å². The molecule has 0 aliphatic rings. The molecule has 19 heavy (non-hydrogen) atoms. The van der Waals surface area contributed by atoms with Crippen LogP contribution >= 0.6 is 0 Å². The van der Waals surface area contributed by atoms with Gasteiger partial charge in [-0.25, -0.2) is 9.78 Å². The largest absolute Gasteiger partial charge is 0.461 e. The van der Waals surface area contributed by atoms with E-state index in [2.05, 4.69) is 4.98 Å². The summed E-state index contributed by atoms with van der Waals surface area (Å²) in [5, 5.41) is 0. The Hall–Kier alpha value is -2.05. The number of hydrogen-bond acceptors (Lipinski definition) is 5. The van der Waals surface area contributed by atoms with Crippen molar-refractivity contribution in [1.82, 2.24) is 9.55 Å². The number of primary amides is 1. The molecule has 0 saturated carbocycles. The van der Waals surface area contributed by atoms with Gasteiger partial charge < -0.3 is 16.2 Å². The van der Waals surface area contributed by atoms with E-state index < -0.39 is 17.4 Å². The molecule has 0 unspecified atom stereocenters. The maximum atomic E-state index is 11.7. The minimum Gasteiger partial charge on any atom is -0.461 e. The molecule has 7 nitrogen and oxygen atoms in total. The van der Waals surface area contributed by atoms with Crippen LogP contribution in [0.1, 0.15) is 44.0 Å². The van der Waals surface area contributed by atoms with Crippen LogP contribution in [-0.4, -0.2) is 28.0 Å². The van der Waals surface area contributed by atoms with Crippen molar-refractivity contribution in [3.05, 3.63) is 11.5 Å². The van der Waals surface area contributed by atoms with Gasteiger partial charge in [0.15, 0.2) is 5.69 Å². The molecular formula is C12H20N4O3. The Labute approximate surface area is 111 Å². The smallest absolute Gasteiger partial charge is 0.360 e. The topological polar surface area (TPSA) is 113 Å². The van der Waals surface area contributed by atoms with Gasteiger partial charge in [0.1, 0.15) is 17.2 Å². The summed E-state index contributed by atoms with van der Waals surface area (Å²) in [6.07, 6.45) is 0.514. The first kappa shape index (κ1) is 15.0. The minimum atomic E-state index is -1.06. The van der Waals surface area contributed by atoms with Gasteiger partial charge in [0.05, 0.1) is 6.61 Å². The Balaban J connectivity index is 3.41. The fourth-order valence-corrected chi connectivity index (χ4v) is 1.80. The fraction of sp³-hybridized carbons (Fsp3) is 0.583. The van der Waals surface area contributed by atoms with Gasteiger partial charge in [0, 0.05) is 6.42 Å². The van der Waals surface area contributed by atoms with Crippen LogP contribution in [0.15, 0.2) is 0 Å². The average molecular weight is 268 g/mol. The second-order valence-corrected chi connectivity index (χ2v) is 4.59. The molecule has 1 aromatic rings. The molecule has 1 rings (SSSR count). The summed E-state index contributed by atoms with van der Waals surface area (Å²) in [7, 11) is 0. The molecule has 1 amide bonds. The monoisotopic (exact) mass is 268 g/mol. The number of imidazole rings is 1. The normalized spacial score (nSPS) is 11.4. The Morgan fingerprint density at radius 3 is 2.37 bits per heavy atom. The van der Waals surface area contributed by atoms with Gasteiger partial charge in [-0.15, -0.1) is 0 Å². The molecule has 0 aliphatic heterocycles. The highest BCUT2D eigenvalue weighted by Gasteiger charge is 2.34. The zero-order valence-electron chi connectivity index (χ0n) is 11.7. The van der Waals surface area contributed by atoms with Crippen LogP contribution in [0.25, 0.3) is 0 Å². The maximum Gasteiger partial charge on any atom is 0.360 e. The molecule has 0 saturated heterocycles. The average Bonchev–Trinajstić information content (AvgIpc) is 2.66. The van der Waals surface area contributed by atoms with E-state index in [0.717, 1.165) is 0 Å². The van der Waals surface area contributed by atoms with Crippen LogP contribution in [0.5, 0.6) is 0 Å². The molecule has 0 atom stereocenters. The van der Waals surface area contributed by atoms with E-state index in [4.69, 9.17) is 16.2 Å². The summed E-state index contributed by atoms with van der Waals surface area (Å²) < 4.78 is 6.37. The number of rotatable bonds is 5. The van der Waals surface area contributed by atoms with Crippen LogP contribution < -0.4 is 11.5 Å². The number of hydrogen-bond donors (Lipinski definition) is 2. The molecule has 0 aliphatic carbocycles. The zero-order valence-corrected chi connectivity index (χ0v) is 11.7. The van der Waals surface area contributed by atoms with Crippen molar-refractivity contribution in [3.8, 4) is 0 Å². The van der Waals surface area contributed by atoms with E-state index in [1.807, 2.05) is 6.92 Å². The van der Waals surface area contributed by atoms with E-state index in [9.17, 15) is 9.59 Å². The van der Waals surface area contributed by atoms with Gasteiger partial charge >= 0.3 is 5.97 Å². The number of nitrogens with zero attached hydrogens (tertiary/aromatic N) is 2. The van der Waals surface area contributed by atoms with Crippen LogP contribution in [0.4, 0.5) is 5.82 Å². The maximum absolute atomic E-state index is 11.7. The number of carbonyl (C=O) groups excluding carboxylic acids is 2. The lowest BCUT2D eigenvalue weighted by molar-refractivity contribution is -0.125. The van der Waals surface area contributed by atoms with Crippen LogP contribution in [0, 0.1) is 0 Å². The lowest BCUT2D eigenvalue weighted by atomic mass is 10.0. The first-order valence-corrected chi connectivity index (χ1v) is 6.11. The Morgan fingerprint density at radius 2 is 1.95 bits per heavy atom. The molecule has 0 fully saturated rings. The molecule has 1 aromatic heterocycles. The predicted octanol–water partition coefficient (Wildman–Crippen LogP) is 0.425. The Morgan fingerprint density at radius 1 is 1.37 bits per heavy atom. The number of nitrogens with two attached hydrogens (primary N) is 2. The third-order valence-electron chi connectivity index (χ3n) is 2.93. The van der Waals surface area contributed by atoms with Crippen molar-refractivity contribution in [2.75, 3.05) is 12.3 Å². The molecular weight excluding hydrogens is 248 g/mol. The van der Waals surface area contributed by atoms with Gasteiger partial charge in [-0.3, -0.25) is 9.36 Å². The summed E-state index contributed by atoms with van der Waals surface area (Å²) >= 11 is 0. The second-order valence-electron chi connectivity index (χ2n) is 4.59. The molecule has 106 valence electrons. The molecule has 7 heteroatoms. The number of ether oxygens (including phenoxy) is 1. The van der Waals surface area contributed by atoms with Crippen LogP contribution in [0.2, 0.25) is 0 Å². The lowest BCUT2D eigenvalue weighted by Crippen LogP contribution is -2.42. The first-order chi connectivity index (χ1) is 8.77. The van der Waals surface area contributed by atoms with Crippen molar-refractivity contribution in [3.63, 3.8) is 0 Å². The van der Waals surface area contributed by atoms with Crippen molar-refractivity contribution in [2.45, 2.75) is 39.7 Å². The highest BCUT2D eigenvalue weighted by atomic mass is 16.5. The van der Waals surface area contributed by atoms with Gasteiger partial charge in [-0.05, 0) is 20.8 Å². The summed E-state index contributed by atoms with van der Waals surface area (Å²) in [4.78, 5) is 27.4. The minimum absolute atomic E-state index is 0.0213. The highest BCUT2D eigenvalue weighted by molar-refractivity contribution is 5.93. The number of esters is 1. The summed E-state index contributed by atoms with van der Waals surface area (Å²) in [5.41, 5.74) is 10.3. The summed E-state index contributed by atoms with van der Waals surface area (Å²) in [6.45, 7) is 7.03. The quantitative estimate of drug-likeness (QED) is 0.751. The lowest BCUT2D eigenvalue weighted by Gasteiger charge is -2.25. The molecule has 0 bridgehead atoms. The highest BCUT2D eigenvalue weighted by Crippen LogP contribution is 2.26. The van der Waals surface area contributed by atoms with Gasteiger partial charge in [-0.1, -0.05) is 6.92 Å². The van der Waals surface area contributed by atoms with Crippen molar-refractivity contribution >= 4 is 17.7 Å². The first-order valence-electron chi connectivity index (χ1n) is 6.11. The number of carbonyl (C=O) groups is 2. The van der Waals surface area contributed by atoms with E-state index >= 15 is 0 Å². The second kappa shape index (κ2) is 5.29. The van der Waals surface area contributed by atoms with Crippen molar-refractivity contribution in [1.29, 1.82) is 0 Å². The predicted molar refractivity (Wildman–Crippen MR) is 70.5 cm³/mol. The van der Waals surface area contributed by atoms with Crippen molar-refractivity contribution < 1.29 is 14.3 Å². The summed E-state index contributed by atoms with van der Waals surface area (Å²) in [5.74, 6) is -0.543. The van der Waals surface area contributed by atoms with E-state index in [1.165, 1.54) is 4.57 Å². The number of aryl methyl sites for hydroxylation is 1. The Kier molecular flexibility index (Phi) is 4.18. The zero-order chi connectivity index (χ0) is 14.8. The molecule has 0 aromatic carbocycles. The van der Waals surface area contributed by atoms with Crippen LogP contribution in [0.3, 0.4) is 0 Å². The Bertz CT molecular complexity index is 505. The van der Waals surface area contributed by atoms with Crippen molar-refractivity contribution in [2.24, 2.45) is 5.73 Å². The number of amides is 1. The van der Waals surface area contributed by atoms with Crippen LogP contribution in [-0.2, 0) is 21.5 Å². The standard InChI is InChI=1S/C12H20N4O3/c1-5-7-15-8(10(17)19-6-2)9(13)16(7)12(3,4)11(14)18/h5-6,13H2,1-4H3,(H2,14,18). The van der Waals surface area contributed by atoms with Gasteiger partial charge in [0.2, 0.25) is 5.91 Å². The van der Waals surface area contributed by atoms with E-state index in [0.29, 0.717) is 12.2 Å².